The van der Waals surface area contributed by atoms with Crippen LogP contribution in [0, 0.1) is 0 Å². The van der Waals surface area contributed by atoms with Gasteiger partial charge in [0.1, 0.15) is 11.8 Å². The molecule has 0 saturated heterocycles. The number of hydrogen-bond acceptors (Lipinski definition) is 6. The maximum absolute atomic E-state index is 12.5. The molecule has 26 heavy (non-hydrogen) atoms. The monoisotopic (exact) mass is 382 g/mol. The Balaban J connectivity index is 2.83. The van der Waals surface area contributed by atoms with E-state index in [1.165, 1.54) is 14.0 Å². The summed E-state index contributed by atoms with van der Waals surface area (Å²) in [7, 11) is 1.47. The van der Waals surface area contributed by atoms with Crippen LogP contribution in [-0.4, -0.2) is 55.6 Å². The molecule has 2 N–H and O–H groups in total. The summed E-state index contributed by atoms with van der Waals surface area (Å²) >= 11 is 1.55. The zero-order chi connectivity index (χ0) is 19.5. The Morgan fingerprint density at radius 2 is 1.92 bits per heavy atom. The maximum Gasteiger partial charge on any atom is 0.329 e. The van der Waals surface area contributed by atoms with Gasteiger partial charge in [-0.2, -0.15) is 11.8 Å². The molecule has 0 fully saturated rings. The van der Waals surface area contributed by atoms with Gasteiger partial charge in [-0.3, -0.25) is 9.59 Å². The first-order chi connectivity index (χ1) is 12.4. The molecule has 0 bridgehead atoms. The lowest BCUT2D eigenvalue weighted by Gasteiger charge is -2.20. The third-order valence-electron chi connectivity index (χ3n) is 3.57. The molecule has 8 heteroatoms. The van der Waals surface area contributed by atoms with Crippen molar-refractivity contribution in [1.82, 2.24) is 10.6 Å². The van der Waals surface area contributed by atoms with E-state index < -0.39 is 24.0 Å². The first-order valence-corrected chi connectivity index (χ1v) is 9.74. The van der Waals surface area contributed by atoms with Crippen LogP contribution in [0.5, 0.6) is 5.75 Å². The summed E-state index contributed by atoms with van der Waals surface area (Å²) < 4.78 is 10.4. The number of nitrogens with one attached hydrogen (secondary N) is 2. The molecule has 0 aliphatic rings. The summed E-state index contributed by atoms with van der Waals surface area (Å²) in [6.45, 7) is 3.72. The predicted octanol–water partition coefficient (Wildman–Crippen LogP) is 1.61. The van der Waals surface area contributed by atoms with Crippen molar-refractivity contribution in [2.45, 2.75) is 32.4 Å². The number of benzene rings is 1. The number of thioether (sulfide) groups is 1. The topological polar surface area (TPSA) is 93.7 Å². The van der Waals surface area contributed by atoms with Gasteiger partial charge in [-0.25, -0.2) is 4.79 Å². The summed E-state index contributed by atoms with van der Waals surface area (Å²) in [6.07, 6.45) is 1.37. The number of methoxy groups -OCH3 is 1. The van der Waals surface area contributed by atoms with E-state index in [0.717, 1.165) is 0 Å². The van der Waals surface area contributed by atoms with Crippen molar-refractivity contribution < 1.29 is 23.9 Å². The fourth-order valence-corrected chi connectivity index (χ4v) is 2.65. The van der Waals surface area contributed by atoms with E-state index >= 15 is 0 Å². The Morgan fingerprint density at radius 1 is 1.23 bits per heavy atom. The third kappa shape index (κ3) is 6.59. The van der Waals surface area contributed by atoms with Crippen LogP contribution in [0.4, 0.5) is 0 Å². The Bertz CT molecular complexity index is 623. The largest absolute Gasteiger partial charge is 0.496 e. The number of carbonyl (C=O) groups excluding carboxylic acids is 3. The molecule has 1 rings (SSSR count). The molecule has 0 saturated carbocycles. The quantitative estimate of drug-likeness (QED) is 0.597. The van der Waals surface area contributed by atoms with Crippen LogP contribution in [0.3, 0.4) is 0 Å². The average molecular weight is 382 g/mol. The van der Waals surface area contributed by atoms with E-state index in [4.69, 9.17) is 9.47 Å². The van der Waals surface area contributed by atoms with Crippen molar-refractivity contribution in [3.63, 3.8) is 0 Å². The van der Waals surface area contributed by atoms with Crippen molar-refractivity contribution in [3.05, 3.63) is 29.8 Å². The first kappa shape index (κ1) is 21.8. The van der Waals surface area contributed by atoms with Crippen molar-refractivity contribution in [3.8, 4) is 5.75 Å². The van der Waals surface area contributed by atoms with E-state index in [0.29, 0.717) is 30.0 Å². The highest BCUT2D eigenvalue weighted by atomic mass is 32.2. The highest BCUT2D eigenvalue weighted by molar-refractivity contribution is 7.98. The van der Waals surface area contributed by atoms with E-state index in [2.05, 4.69) is 10.6 Å². The minimum atomic E-state index is -0.928. The minimum Gasteiger partial charge on any atom is -0.496 e. The molecule has 0 aliphatic carbocycles. The van der Waals surface area contributed by atoms with Gasteiger partial charge in [0.15, 0.2) is 6.10 Å². The van der Waals surface area contributed by atoms with Gasteiger partial charge in [-0.15, -0.1) is 0 Å². The van der Waals surface area contributed by atoms with E-state index in [-0.39, 0.29) is 5.91 Å². The van der Waals surface area contributed by atoms with E-state index in [1.807, 2.05) is 6.26 Å². The lowest BCUT2D eigenvalue weighted by atomic mass is 10.1. The van der Waals surface area contributed by atoms with Crippen molar-refractivity contribution in [1.29, 1.82) is 0 Å². The van der Waals surface area contributed by atoms with Gasteiger partial charge in [-0.1, -0.05) is 12.1 Å². The number of likely N-dealkylation sites (N-methyl/N-ethyl adjacent to an activating group) is 1. The molecule has 0 aliphatic heterocycles. The van der Waals surface area contributed by atoms with Crippen LogP contribution >= 0.6 is 11.8 Å². The molecule has 1 aromatic rings. The first-order valence-electron chi connectivity index (χ1n) is 8.35. The molecule has 1 aromatic carbocycles. The standard InChI is InChI=1S/C18H26N2O5S/c1-5-19-16(21)12(2)25-18(23)14(10-11-26-4)20-17(22)13-8-6-7-9-15(13)24-3/h6-9,12,14H,5,10-11H2,1-4H3,(H,19,21)(H,20,22)/t12-,14-/m1/s1. The van der Waals surface area contributed by atoms with Crippen LogP contribution in [0.1, 0.15) is 30.6 Å². The second-order valence-electron chi connectivity index (χ2n) is 5.48. The van der Waals surface area contributed by atoms with Gasteiger partial charge in [0.05, 0.1) is 12.7 Å². The molecule has 7 nitrogen and oxygen atoms in total. The second kappa shape index (κ2) is 11.4. The van der Waals surface area contributed by atoms with Gasteiger partial charge < -0.3 is 20.1 Å². The summed E-state index contributed by atoms with van der Waals surface area (Å²) in [5.74, 6) is -0.378. The number of esters is 1. The number of amides is 2. The number of rotatable bonds is 10. The average Bonchev–Trinajstić information content (AvgIpc) is 2.64. The Kier molecular flexibility index (Phi) is 9.57. The fraction of sp³-hybridized carbons (Fsp3) is 0.500. The van der Waals surface area contributed by atoms with Crippen LogP contribution < -0.4 is 15.4 Å². The van der Waals surface area contributed by atoms with Crippen molar-refractivity contribution in [2.24, 2.45) is 0 Å². The van der Waals surface area contributed by atoms with Crippen LogP contribution in [-0.2, 0) is 14.3 Å². The van der Waals surface area contributed by atoms with E-state index in [9.17, 15) is 14.4 Å². The molecular formula is C18H26N2O5S. The van der Waals surface area contributed by atoms with Gasteiger partial charge in [0, 0.05) is 6.54 Å². The van der Waals surface area contributed by atoms with Crippen molar-refractivity contribution in [2.75, 3.05) is 25.7 Å². The third-order valence-corrected chi connectivity index (χ3v) is 4.21. The SMILES string of the molecule is CCNC(=O)[C@@H](C)OC(=O)[C@@H](CCSC)NC(=O)c1ccccc1OC. The summed E-state index contributed by atoms with van der Waals surface area (Å²) in [6, 6.07) is 5.90. The lowest BCUT2D eigenvalue weighted by molar-refractivity contribution is -0.156. The zero-order valence-electron chi connectivity index (χ0n) is 15.5. The highest BCUT2D eigenvalue weighted by Crippen LogP contribution is 2.17. The highest BCUT2D eigenvalue weighted by Gasteiger charge is 2.27. The molecule has 0 radical (unpaired) electrons. The normalized spacial score (nSPS) is 12.6. The number of hydrogen-bond donors (Lipinski definition) is 2. The fourth-order valence-electron chi connectivity index (χ4n) is 2.18. The number of carbonyl (C=O) groups is 3. The smallest absolute Gasteiger partial charge is 0.329 e. The van der Waals surface area contributed by atoms with Crippen molar-refractivity contribution >= 4 is 29.5 Å². The Morgan fingerprint density at radius 3 is 2.54 bits per heavy atom. The summed E-state index contributed by atoms with van der Waals surface area (Å²) in [5, 5.41) is 5.27. The summed E-state index contributed by atoms with van der Waals surface area (Å²) in [5.41, 5.74) is 0.328. The van der Waals surface area contributed by atoms with Gasteiger partial charge >= 0.3 is 5.97 Å². The molecule has 0 spiro atoms. The Hall–Kier alpha value is -2.22. The Labute approximate surface area is 158 Å². The summed E-state index contributed by atoms with van der Waals surface area (Å²) in [4.78, 5) is 36.7. The molecule has 144 valence electrons. The molecule has 2 amide bonds. The van der Waals surface area contributed by atoms with E-state index in [1.54, 1.807) is 43.0 Å². The second-order valence-corrected chi connectivity index (χ2v) is 6.47. The zero-order valence-corrected chi connectivity index (χ0v) is 16.4. The van der Waals surface area contributed by atoms with Crippen LogP contribution in [0.2, 0.25) is 0 Å². The minimum absolute atomic E-state index is 0.328. The number of para-hydroxylation sites is 1. The molecule has 0 unspecified atom stereocenters. The maximum atomic E-state index is 12.5. The van der Waals surface area contributed by atoms with Gasteiger partial charge in [0.2, 0.25) is 0 Å². The molecular weight excluding hydrogens is 356 g/mol. The predicted molar refractivity (Wildman–Crippen MR) is 101 cm³/mol. The molecule has 2 atom stereocenters. The molecule has 0 heterocycles. The van der Waals surface area contributed by atoms with Gasteiger partial charge in [-0.05, 0) is 44.4 Å². The van der Waals surface area contributed by atoms with Crippen LogP contribution in [0.25, 0.3) is 0 Å². The van der Waals surface area contributed by atoms with Gasteiger partial charge in [0.25, 0.3) is 11.8 Å². The lowest BCUT2D eigenvalue weighted by Crippen LogP contribution is -2.45. The number of ether oxygens (including phenoxy) is 2. The molecule has 0 aromatic heterocycles. The van der Waals surface area contributed by atoms with Crippen LogP contribution in [0.15, 0.2) is 24.3 Å².